The Hall–Kier alpha value is -0.660. The van der Waals surface area contributed by atoms with Crippen LogP contribution in [0.5, 0.6) is 0 Å². The summed E-state index contributed by atoms with van der Waals surface area (Å²) in [4.78, 5) is 2.81. The standard InChI is InChI=1S/C18H29N3O2S.ClH/c1-20(2)24(22,23)18-5-3-4-16(12-18)14-21-10-8-17(9-11-21)19-13-15-6-7-15;/h3-5,12,15,17,19H,6-11,13-14H2,1-2H3;1H. The molecule has 2 aliphatic rings. The molecule has 1 aromatic rings. The van der Waals surface area contributed by atoms with Crippen molar-refractivity contribution in [3.63, 3.8) is 0 Å². The number of nitrogens with one attached hydrogen (secondary N) is 1. The number of nitrogens with zero attached hydrogens (tertiary/aromatic N) is 2. The van der Waals surface area contributed by atoms with Gasteiger partial charge in [-0.2, -0.15) is 0 Å². The highest BCUT2D eigenvalue weighted by molar-refractivity contribution is 7.89. The summed E-state index contributed by atoms with van der Waals surface area (Å²) in [5, 5.41) is 3.70. The summed E-state index contributed by atoms with van der Waals surface area (Å²) in [7, 11) is -0.212. The highest BCUT2D eigenvalue weighted by Crippen LogP contribution is 2.28. The number of benzene rings is 1. The molecular weight excluding hydrogens is 358 g/mol. The van der Waals surface area contributed by atoms with Crippen LogP contribution < -0.4 is 5.32 Å². The fraction of sp³-hybridized carbons (Fsp3) is 0.667. The van der Waals surface area contributed by atoms with E-state index >= 15 is 0 Å². The van der Waals surface area contributed by atoms with Gasteiger partial charge in [-0.1, -0.05) is 12.1 Å². The number of hydrogen-bond donors (Lipinski definition) is 1. The van der Waals surface area contributed by atoms with Crippen molar-refractivity contribution in [3.05, 3.63) is 29.8 Å². The second-order valence-electron chi connectivity index (χ2n) is 7.34. The quantitative estimate of drug-likeness (QED) is 0.780. The smallest absolute Gasteiger partial charge is 0.242 e. The van der Waals surface area contributed by atoms with E-state index in [4.69, 9.17) is 0 Å². The van der Waals surface area contributed by atoms with E-state index < -0.39 is 10.0 Å². The fourth-order valence-corrected chi connectivity index (χ4v) is 4.20. The van der Waals surface area contributed by atoms with Gasteiger partial charge in [0.05, 0.1) is 4.90 Å². The van der Waals surface area contributed by atoms with E-state index in [1.165, 1.54) is 36.5 Å². The third kappa shape index (κ3) is 5.66. The Morgan fingerprint density at radius 2 is 1.84 bits per heavy atom. The SMILES string of the molecule is CN(C)S(=O)(=O)c1cccc(CN2CCC(NCC3CC3)CC2)c1.Cl. The van der Waals surface area contributed by atoms with Gasteiger partial charge in [-0.3, -0.25) is 4.90 Å². The van der Waals surface area contributed by atoms with Crippen LogP contribution in [0.25, 0.3) is 0 Å². The number of piperidine rings is 1. The maximum atomic E-state index is 12.3. The molecule has 2 fully saturated rings. The van der Waals surface area contributed by atoms with Crippen molar-refractivity contribution < 1.29 is 8.42 Å². The Balaban J connectivity index is 0.00000225. The van der Waals surface area contributed by atoms with E-state index in [0.717, 1.165) is 31.1 Å². The van der Waals surface area contributed by atoms with Gasteiger partial charge in [-0.05, 0) is 68.9 Å². The minimum atomic E-state index is -3.35. The maximum absolute atomic E-state index is 12.3. The Labute approximate surface area is 158 Å². The third-order valence-electron chi connectivity index (χ3n) is 5.06. The molecular formula is C18H30ClN3O2S. The van der Waals surface area contributed by atoms with Gasteiger partial charge in [0.25, 0.3) is 0 Å². The van der Waals surface area contributed by atoms with Crippen molar-refractivity contribution in [3.8, 4) is 0 Å². The van der Waals surface area contributed by atoms with Gasteiger partial charge in [0.15, 0.2) is 0 Å². The van der Waals surface area contributed by atoms with E-state index in [9.17, 15) is 8.42 Å². The lowest BCUT2D eigenvalue weighted by molar-refractivity contribution is 0.190. The summed E-state index contributed by atoms with van der Waals surface area (Å²) in [6, 6.07) is 8.00. The zero-order valence-corrected chi connectivity index (χ0v) is 16.8. The lowest BCUT2D eigenvalue weighted by atomic mass is 10.0. The predicted molar refractivity (Wildman–Crippen MR) is 104 cm³/mol. The summed E-state index contributed by atoms with van der Waals surface area (Å²) in [5.74, 6) is 0.935. The summed E-state index contributed by atoms with van der Waals surface area (Å²) >= 11 is 0. The zero-order chi connectivity index (χ0) is 17.2. The summed E-state index contributed by atoms with van der Waals surface area (Å²) in [5.41, 5.74) is 1.07. The van der Waals surface area contributed by atoms with Gasteiger partial charge < -0.3 is 5.32 Å². The number of sulfonamides is 1. The van der Waals surface area contributed by atoms with Gasteiger partial charge in [0, 0.05) is 26.7 Å². The molecule has 1 N–H and O–H groups in total. The second kappa shape index (κ2) is 8.82. The first-order chi connectivity index (χ1) is 11.4. The van der Waals surface area contributed by atoms with E-state index in [1.807, 2.05) is 18.2 Å². The van der Waals surface area contributed by atoms with Gasteiger partial charge in [-0.25, -0.2) is 12.7 Å². The number of halogens is 1. The van der Waals surface area contributed by atoms with Crippen LogP contribution in [0.2, 0.25) is 0 Å². The molecule has 0 amide bonds. The lowest BCUT2D eigenvalue weighted by Gasteiger charge is -2.32. The minimum Gasteiger partial charge on any atom is -0.314 e. The Bertz CT molecular complexity index is 654. The molecule has 0 unspecified atom stereocenters. The average molecular weight is 388 g/mol. The van der Waals surface area contributed by atoms with Crippen molar-refractivity contribution >= 4 is 22.4 Å². The number of hydrogen-bond acceptors (Lipinski definition) is 4. The van der Waals surface area contributed by atoms with E-state index in [1.54, 1.807) is 20.2 Å². The minimum absolute atomic E-state index is 0. The molecule has 5 nitrogen and oxygen atoms in total. The molecule has 1 saturated carbocycles. The molecule has 3 rings (SSSR count). The zero-order valence-electron chi connectivity index (χ0n) is 15.1. The number of rotatable bonds is 7. The van der Waals surface area contributed by atoms with Crippen molar-refractivity contribution in [2.24, 2.45) is 5.92 Å². The third-order valence-corrected chi connectivity index (χ3v) is 6.87. The predicted octanol–water partition coefficient (Wildman–Crippen LogP) is 2.32. The molecule has 7 heteroatoms. The topological polar surface area (TPSA) is 52.7 Å². The molecule has 25 heavy (non-hydrogen) atoms. The monoisotopic (exact) mass is 387 g/mol. The van der Waals surface area contributed by atoms with Crippen LogP contribution in [0, 0.1) is 5.92 Å². The Morgan fingerprint density at radius 3 is 2.44 bits per heavy atom. The molecule has 1 aliphatic heterocycles. The summed E-state index contributed by atoms with van der Waals surface area (Å²) in [6.45, 7) is 4.17. The van der Waals surface area contributed by atoms with E-state index in [-0.39, 0.29) is 12.4 Å². The van der Waals surface area contributed by atoms with Crippen LogP contribution in [-0.4, -0.2) is 57.4 Å². The first-order valence-corrected chi connectivity index (χ1v) is 10.4. The molecule has 0 spiro atoms. The molecule has 0 atom stereocenters. The van der Waals surface area contributed by atoms with Gasteiger partial charge in [-0.15, -0.1) is 12.4 Å². The van der Waals surface area contributed by atoms with Crippen molar-refractivity contribution in [2.45, 2.75) is 43.2 Å². The van der Waals surface area contributed by atoms with Crippen LogP contribution >= 0.6 is 12.4 Å². The Morgan fingerprint density at radius 1 is 1.16 bits per heavy atom. The van der Waals surface area contributed by atoms with Crippen LogP contribution in [0.15, 0.2) is 29.2 Å². The van der Waals surface area contributed by atoms with Crippen LogP contribution in [0.1, 0.15) is 31.2 Å². The first kappa shape index (κ1) is 20.6. The van der Waals surface area contributed by atoms with Gasteiger partial charge in [0.2, 0.25) is 10.0 Å². The van der Waals surface area contributed by atoms with E-state index in [0.29, 0.717) is 10.9 Å². The number of likely N-dealkylation sites (tertiary alicyclic amines) is 1. The fourth-order valence-electron chi connectivity index (χ4n) is 3.22. The molecule has 1 aliphatic carbocycles. The van der Waals surface area contributed by atoms with Crippen molar-refractivity contribution in [2.75, 3.05) is 33.7 Å². The Kier molecular flexibility index (Phi) is 7.29. The maximum Gasteiger partial charge on any atom is 0.242 e. The van der Waals surface area contributed by atoms with Gasteiger partial charge in [0.1, 0.15) is 0 Å². The lowest BCUT2D eigenvalue weighted by Crippen LogP contribution is -2.42. The van der Waals surface area contributed by atoms with Gasteiger partial charge >= 0.3 is 0 Å². The molecule has 0 bridgehead atoms. The van der Waals surface area contributed by atoms with Crippen molar-refractivity contribution in [1.82, 2.24) is 14.5 Å². The largest absolute Gasteiger partial charge is 0.314 e. The molecule has 1 aromatic carbocycles. The highest BCUT2D eigenvalue weighted by atomic mass is 35.5. The van der Waals surface area contributed by atoms with Crippen molar-refractivity contribution in [1.29, 1.82) is 0 Å². The average Bonchev–Trinajstić information content (AvgIpc) is 3.39. The highest BCUT2D eigenvalue weighted by Gasteiger charge is 2.24. The second-order valence-corrected chi connectivity index (χ2v) is 9.49. The molecule has 0 radical (unpaired) electrons. The van der Waals surface area contributed by atoms with E-state index in [2.05, 4.69) is 10.2 Å². The normalized spacial score (nSPS) is 19.8. The van der Waals surface area contributed by atoms with Crippen LogP contribution in [-0.2, 0) is 16.6 Å². The summed E-state index contributed by atoms with van der Waals surface area (Å²) in [6.07, 6.45) is 5.17. The van der Waals surface area contributed by atoms with Crippen LogP contribution in [0.3, 0.4) is 0 Å². The summed E-state index contributed by atoms with van der Waals surface area (Å²) < 4.78 is 25.8. The molecule has 1 saturated heterocycles. The molecule has 142 valence electrons. The molecule has 0 aromatic heterocycles. The van der Waals surface area contributed by atoms with Crippen LogP contribution in [0.4, 0.5) is 0 Å². The molecule has 1 heterocycles. The first-order valence-electron chi connectivity index (χ1n) is 8.92.